The number of hydrogen-bond acceptors (Lipinski definition) is 5. The summed E-state index contributed by atoms with van der Waals surface area (Å²) in [4.78, 5) is 21.6. The Morgan fingerprint density at radius 2 is 1.73 bits per heavy atom. The van der Waals surface area contributed by atoms with Gasteiger partial charge >= 0.3 is 0 Å². The molecule has 5 nitrogen and oxygen atoms in total. The molecule has 6 aromatic rings. The Balaban J connectivity index is 0.000000177. The third-order valence-electron chi connectivity index (χ3n) is 7.78. The van der Waals surface area contributed by atoms with Gasteiger partial charge in [-0.25, -0.2) is 0 Å². The summed E-state index contributed by atoms with van der Waals surface area (Å²) in [5.41, 5.74) is 8.58. The standard InChI is InChI=1S/C21H16NO2.C18H17NO.Pt/c1-13(2)14-9-10-22-18(12-14)15-7-8-20-17(11-15)21(23)16-5-3-4-6-19(16)24-20;1-3-13-9-10-19-17(11-13)14-6-8-18-15(12-14)5-7-16(4-2)20-18;/h3-6,8-13H,1-2H3;4,6-12H,2-3,5H2,1H3;/q-1;;. The Labute approximate surface area is 277 Å². The van der Waals surface area contributed by atoms with E-state index in [1.165, 1.54) is 16.7 Å². The summed E-state index contributed by atoms with van der Waals surface area (Å²) < 4.78 is 11.6. The average molecular weight is 773 g/mol. The van der Waals surface area contributed by atoms with Gasteiger partial charge in [-0.3, -0.25) is 9.78 Å². The second-order valence-electron chi connectivity index (χ2n) is 11.0. The first-order valence-corrected chi connectivity index (χ1v) is 14.9. The van der Waals surface area contributed by atoms with Gasteiger partial charge in [-0.05, 0) is 102 Å². The number of nitrogens with zero attached hydrogens (tertiary/aromatic N) is 2. The molecule has 1 aliphatic rings. The van der Waals surface area contributed by atoms with Gasteiger partial charge in [0, 0.05) is 39.0 Å². The minimum Gasteiger partial charge on any atom is -0.500 e. The molecular weight excluding hydrogens is 740 g/mol. The number of ether oxygens (including phenoxy) is 1. The first kappa shape index (κ1) is 31.8. The molecule has 0 atom stereocenters. The van der Waals surface area contributed by atoms with Crippen LogP contribution in [0.25, 0.3) is 44.5 Å². The van der Waals surface area contributed by atoms with Crippen molar-refractivity contribution in [1.82, 2.24) is 9.97 Å². The predicted molar refractivity (Wildman–Crippen MR) is 178 cm³/mol. The first-order chi connectivity index (χ1) is 21.4. The van der Waals surface area contributed by atoms with Gasteiger partial charge < -0.3 is 14.1 Å². The summed E-state index contributed by atoms with van der Waals surface area (Å²) in [5, 5.41) is 1.14. The quantitative estimate of drug-likeness (QED) is 0.129. The van der Waals surface area contributed by atoms with Gasteiger partial charge in [0.25, 0.3) is 0 Å². The number of allylic oxidation sites excluding steroid dienone is 2. The van der Waals surface area contributed by atoms with Gasteiger partial charge in [-0.15, -0.1) is 23.8 Å². The molecule has 0 saturated carbocycles. The van der Waals surface area contributed by atoms with E-state index in [0.29, 0.717) is 27.9 Å². The Kier molecular flexibility index (Phi) is 9.90. The Hall–Kier alpha value is -4.60. The Bertz CT molecular complexity index is 2100. The van der Waals surface area contributed by atoms with E-state index < -0.39 is 0 Å². The molecule has 0 aliphatic carbocycles. The van der Waals surface area contributed by atoms with Gasteiger partial charge in [-0.1, -0.05) is 51.1 Å². The molecule has 3 aromatic carbocycles. The van der Waals surface area contributed by atoms with E-state index in [0.717, 1.165) is 46.9 Å². The van der Waals surface area contributed by atoms with Crippen LogP contribution in [0.2, 0.25) is 0 Å². The van der Waals surface area contributed by atoms with Crippen LogP contribution in [0.3, 0.4) is 0 Å². The fourth-order valence-electron chi connectivity index (χ4n) is 5.20. The summed E-state index contributed by atoms with van der Waals surface area (Å²) in [6.45, 7) is 10.2. The Morgan fingerprint density at radius 1 is 0.933 bits per heavy atom. The molecule has 3 aromatic heterocycles. The van der Waals surface area contributed by atoms with Crippen molar-refractivity contribution < 1.29 is 30.2 Å². The SMILES string of the molecule is C=CC1=CCc2cc(-c3cc(CC)ccn3)ccc2O1.CC(C)c1ccnc(-c2[c-]cc3oc4ccccc4c(=O)c3c2)c1.[Pt]. The largest absolute Gasteiger partial charge is 0.500 e. The van der Waals surface area contributed by atoms with Crippen molar-refractivity contribution in [2.75, 3.05) is 0 Å². The number of aromatic nitrogens is 2. The normalized spacial score (nSPS) is 12.0. The summed E-state index contributed by atoms with van der Waals surface area (Å²) in [6.07, 6.45) is 9.36. The minimum atomic E-state index is -0.0258. The predicted octanol–water partition coefficient (Wildman–Crippen LogP) is 9.25. The van der Waals surface area contributed by atoms with E-state index in [1.54, 1.807) is 30.5 Å². The van der Waals surface area contributed by atoms with E-state index in [9.17, 15) is 4.79 Å². The fourth-order valence-corrected chi connectivity index (χ4v) is 5.20. The van der Waals surface area contributed by atoms with Gasteiger partial charge in [0.2, 0.25) is 0 Å². The minimum absolute atomic E-state index is 0. The molecule has 0 fully saturated rings. The summed E-state index contributed by atoms with van der Waals surface area (Å²) in [7, 11) is 0. The third kappa shape index (κ3) is 6.89. The van der Waals surface area contributed by atoms with Crippen LogP contribution < -0.4 is 10.2 Å². The van der Waals surface area contributed by atoms with Crippen LogP contribution in [-0.2, 0) is 33.9 Å². The monoisotopic (exact) mass is 772 g/mol. The van der Waals surface area contributed by atoms with Crippen molar-refractivity contribution in [2.24, 2.45) is 0 Å². The second-order valence-corrected chi connectivity index (χ2v) is 11.0. The molecule has 4 heterocycles. The van der Waals surface area contributed by atoms with Crippen LogP contribution in [0.1, 0.15) is 43.4 Å². The van der Waals surface area contributed by atoms with E-state index in [2.05, 4.69) is 73.7 Å². The van der Waals surface area contributed by atoms with Gasteiger partial charge in [0.05, 0.1) is 16.7 Å². The van der Waals surface area contributed by atoms with Crippen LogP contribution in [0, 0.1) is 6.07 Å². The van der Waals surface area contributed by atoms with Crippen molar-refractivity contribution in [3.8, 4) is 28.3 Å². The number of aryl methyl sites for hydroxylation is 1. The molecule has 0 amide bonds. The number of rotatable bonds is 5. The van der Waals surface area contributed by atoms with Crippen molar-refractivity contribution in [3.05, 3.63) is 149 Å². The van der Waals surface area contributed by atoms with E-state index >= 15 is 0 Å². The smallest absolute Gasteiger partial charge is 0.182 e. The van der Waals surface area contributed by atoms with Gasteiger partial charge in [0.1, 0.15) is 17.1 Å². The molecule has 6 heteroatoms. The second kappa shape index (κ2) is 14.0. The summed E-state index contributed by atoms with van der Waals surface area (Å²) in [5.74, 6) is 2.16. The maximum atomic E-state index is 12.8. The Morgan fingerprint density at radius 3 is 2.53 bits per heavy atom. The molecule has 7 rings (SSSR count). The first-order valence-electron chi connectivity index (χ1n) is 14.9. The molecule has 0 radical (unpaired) electrons. The van der Waals surface area contributed by atoms with Crippen molar-refractivity contribution in [3.63, 3.8) is 0 Å². The van der Waals surface area contributed by atoms with E-state index in [4.69, 9.17) is 9.15 Å². The molecular formula is C39H33N2O3Pt-. The van der Waals surface area contributed by atoms with Crippen molar-refractivity contribution in [2.45, 2.75) is 39.5 Å². The molecule has 1 aliphatic heterocycles. The molecule has 45 heavy (non-hydrogen) atoms. The van der Waals surface area contributed by atoms with Crippen LogP contribution in [0.15, 0.2) is 125 Å². The molecule has 0 spiro atoms. The van der Waals surface area contributed by atoms with Crippen LogP contribution in [0.5, 0.6) is 5.75 Å². The zero-order chi connectivity index (χ0) is 30.6. The number of pyridine rings is 2. The van der Waals surface area contributed by atoms with Crippen molar-refractivity contribution in [1.29, 1.82) is 0 Å². The number of benzene rings is 3. The van der Waals surface area contributed by atoms with Crippen LogP contribution in [0.4, 0.5) is 0 Å². The topological polar surface area (TPSA) is 65.2 Å². The van der Waals surface area contributed by atoms with E-state index in [1.807, 2.05) is 42.6 Å². The fraction of sp³-hybridized carbons (Fsp3) is 0.154. The molecule has 0 unspecified atom stereocenters. The van der Waals surface area contributed by atoms with Crippen molar-refractivity contribution >= 4 is 21.9 Å². The van der Waals surface area contributed by atoms with E-state index in [-0.39, 0.29) is 26.5 Å². The molecule has 228 valence electrons. The van der Waals surface area contributed by atoms with Crippen LogP contribution in [-0.4, -0.2) is 9.97 Å². The van der Waals surface area contributed by atoms with Crippen LogP contribution >= 0.6 is 0 Å². The number of para-hydroxylation sites is 1. The molecule has 0 bridgehead atoms. The zero-order valence-corrected chi connectivity index (χ0v) is 27.7. The molecule has 0 N–H and O–H groups in total. The number of fused-ring (bicyclic) bond motifs is 3. The van der Waals surface area contributed by atoms with Gasteiger partial charge in [-0.2, -0.15) is 0 Å². The average Bonchev–Trinajstić information content (AvgIpc) is 3.08. The number of hydrogen-bond donors (Lipinski definition) is 0. The van der Waals surface area contributed by atoms with Gasteiger partial charge in [0.15, 0.2) is 5.43 Å². The maximum Gasteiger partial charge on any atom is 0.182 e. The summed E-state index contributed by atoms with van der Waals surface area (Å²) >= 11 is 0. The zero-order valence-electron chi connectivity index (χ0n) is 25.4. The summed E-state index contributed by atoms with van der Waals surface area (Å²) in [6, 6.07) is 28.5. The molecule has 0 saturated heterocycles. The maximum absolute atomic E-state index is 12.8. The third-order valence-corrected chi connectivity index (χ3v) is 7.78.